The fraction of sp³-hybridized carbons (Fsp3) is 0. The number of nitrogens with zero attached hydrogens (tertiary/aromatic N) is 3. The van der Waals surface area contributed by atoms with Crippen LogP contribution in [-0.2, 0) is 0 Å². The molecule has 0 atom stereocenters. The van der Waals surface area contributed by atoms with Gasteiger partial charge in [-0.25, -0.2) is 9.97 Å². The van der Waals surface area contributed by atoms with Crippen molar-refractivity contribution in [3.8, 4) is 50.6 Å². The molecular formula is C50H31N3S. The normalized spacial score (nSPS) is 11.7. The largest absolute Gasteiger partial charge is 0.309 e. The Kier molecular flexibility index (Phi) is 7.04. The predicted molar refractivity (Wildman–Crippen MR) is 229 cm³/mol. The zero-order valence-corrected chi connectivity index (χ0v) is 30.0. The third-order valence-corrected chi connectivity index (χ3v) is 11.8. The molecule has 0 spiro atoms. The zero-order chi connectivity index (χ0) is 35.6. The summed E-state index contributed by atoms with van der Waals surface area (Å²) in [5.41, 5.74) is 12.4. The molecule has 0 amide bonds. The lowest BCUT2D eigenvalue weighted by Gasteiger charge is -2.11. The van der Waals surface area contributed by atoms with Crippen molar-refractivity contribution in [3.63, 3.8) is 0 Å². The quantitative estimate of drug-likeness (QED) is 0.178. The summed E-state index contributed by atoms with van der Waals surface area (Å²) in [6.07, 6.45) is 0. The van der Waals surface area contributed by atoms with Crippen LogP contribution in [-0.4, -0.2) is 14.5 Å². The lowest BCUT2D eigenvalue weighted by molar-refractivity contribution is 1.18. The first-order valence-corrected chi connectivity index (χ1v) is 19.1. The lowest BCUT2D eigenvalue weighted by Crippen LogP contribution is -1.94. The van der Waals surface area contributed by atoms with E-state index in [9.17, 15) is 0 Å². The third-order valence-electron chi connectivity index (χ3n) is 10.6. The molecule has 0 saturated heterocycles. The van der Waals surface area contributed by atoms with Crippen molar-refractivity contribution in [1.82, 2.24) is 14.5 Å². The number of hydrogen-bond acceptors (Lipinski definition) is 3. The van der Waals surface area contributed by atoms with E-state index >= 15 is 0 Å². The van der Waals surface area contributed by atoms with Crippen LogP contribution < -0.4 is 0 Å². The van der Waals surface area contributed by atoms with Crippen LogP contribution in [0.5, 0.6) is 0 Å². The van der Waals surface area contributed by atoms with E-state index in [0.717, 1.165) is 49.5 Å². The molecule has 0 aliphatic rings. The molecule has 0 unspecified atom stereocenters. The van der Waals surface area contributed by atoms with E-state index in [2.05, 4.69) is 187 Å². The van der Waals surface area contributed by atoms with Crippen LogP contribution in [0.3, 0.4) is 0 Å². The molecule has 0 aliphatic heterocycles. The van der Waals surface area contributed by atoms with Crippen LogP contribution in [0.4, 0.5) is 0 Å². The maximum Gasteiger partial charge on any atom is 0.160 e. The van der Waals surface area contributed by atoms with E-state index in [1.165, 1.54) is 54.0 Å². The van der Waals surface area contributed by atoms with E-state index in [1.807, 2.05) is 6.07 Å². The SMILES string of the molecule is c1ccc(-c2ccc3cc(-c4nc(-c5ccccc5)nc5c4sc4cccc(-c6ccc(-n7c8ccccc8c8ccccc87)cc6)c45)ccc3c2)cc1. The Labute approximate surface area is 316 Å². The van der Waals surface area contributed by atoms with Crippen LogP contribution >= 0.6 is 11.3 Å². The summed E-state index contributed by atoms with van der Waals surface area (Å²) in [6.45, 7) is 0. The molecule has 0 fully saturated rings. The van der Waals surface area contributed by atoms with Gasteiger partial charge < -0.3 is 4.57 Å². The second-order valence-electron chi connectivity index (χ2n) is 13.8. The molecule has 0 aliphatic carbocycles. The van der Waals surface area contributed by atoms with Gasteiger partial charge in [0.05, 0.1) is 26.9 Å². The molecule has 11 aromatic rings. The average molecular weight is 706 g/mol. The standard InChI is InChI=1S/C50H31N3S/c1-3-12-32(13-4-1)35-22-23-37-31-38(25-24-36(37)30-35)47-49-48(52-50(51-47)34-14-5-2-6-15-34)46-40(18-11-21-45(46)54-49)33-26-28-39(29-27-33)53-43-19-9-7-16-41(43)42-17-8-10-20-44(42)53/h1-31H. The number of aromatic nitrogens is 3. The van der Waals surface area contributed by atoms with Crippen molar-refractivity contribution in [1.29, 1.82) is 0 Å². The minimum atomic E-state index is 0.730. The van der Waals surface area contributed by atoms with E-state index in [0.29, 0.717) is 0 Å². The van der Waals surface area contributed by atoms with Gasteiger partial charge in [0.15, 0.2) is 5.82 Å². The smallest absolute Gasteiger partial charge is 0.160 e. The number of thiophene rings is 1. The molecule has 0 bridgehead atoms. The number of para-hydroxylation sites is 2. The van der Waals surface area contributed by atoms with Crippen LogP contribution in [0, 0.1) is 0 Å². The van der Waals surface area contributed by atoms with Crippen molar-refractivity contribution in [2.75, 3.05) is 0 Å². The van der Waals surface area contributed by atoms with E-state index in [1.54, 1.807) is 11.3 Å². The maximum atomic E-state index is 5.34. The molecule has 3 nitrogen and oxygen atoms in total. The average Bonchev–Trinajstić information content (AvgIpc) is 3.80. The van der Waals surface area contributed by atoms with Crippen molar-refractivity contribution >= 4 is 64.2 Å². The van der Waals surface area contributed by atoms with E-state index in [-0.39, 0.29) is 0 Å². The Morgan fingerprint density at radius 1 is 0.426 bits per heavy atom. The van der Waals surface area contributed by atoms with Crippen molar-refractivity contribution in [2.24, 2.45) is 0 Å². The van der Waals surface area contributed by atoms with Gasteiger partial charge in [-0.15, -0.1) is 11.3 Å². The Hall–Kier alpha value is -6.88. The van der Waals surface area contributed by atoms with Crippen LogP contribution in [0.2, 0.25) is 0 Å². The second-order valence-corrected chi connectivity index (χ2v) is 14.8. The molecule has 3 heterocycles. The number of rotatable bonds is 5. The first kappa shape index (κ1) is 30.7. The Bertz CT molecular complexity index is 3140. The van der Waals surface area contributed by atoms with Crippen LogP contribution in [0.1, 0.15) is 0 Å². The van der Waals surface area contributed by atoms with Gasteiger partial charge in [0.1, 0.15) is 0 Å². The summed E-state index contributed by atoms with van der Waals surface area (Å²) in [5, 5.41) is 6.08. The lowest BCUT2D eigenvalue weighted by atomic mass is 9.98. The third kappa shape index (κ3) is 4.96. The first-order valence-electron chi connectivity index (χ1n) is 18.2. The molecule has 4 heteroatoms. The fourth-order valence-electron chi connectivity index (χ4n) is 8.03. The zero-order valence-electron chi connectivity index (χ0n) is 29.1. The van der Waals surface area contributed by atoms with Crippen LogP contribution in [0.25, 0.3) is 103 Å². The molecule has 54 heavy (non-hydrogen) atoms. The molecule has 8 aromatic carbocycles. The number of fused-ring (bicyclic) bond motifs is 7. The van der Waals surface area contributed by atoms with E-state index in [4.69, 9.17) is 9.97 Å². The van der Waals surface area contributed by atoms with Crippen molar-refractivity contribution in [2.45, 2.75) is 0 Å². The highest BCUT2D eigenvalue weighted by Crippen LogP contribution is 2.44. The molecule has 3 aromatic heterocycles. The minimum Gasteiger partial charge on any atom is -0.309 e. The van der Waals surface area contributed by atoms with E-state index < -0.39 is 0 Å². The summed E-state index contributed by atoms with van der Waals surface area (Å²) in [4.78, 5) is 10.6. The van der Waals surface area contributed by atoms with Gasteiger partial charge >= 0.3 is 0 Å². The van der Waals surface area contributed by atoms with Crippen LogP contribution in [0.15, 0.2) is 188 Å². The number of benzene rings is 8. The molecule has 0 saturated carbocycles. The molecule has 0 N–H and O–H groups in total. The summed E-state index contributed by atoms with van der Waals surface area (Å²) >= 11 is 1.78. The van der Waals surface area contributed by atoms with Gasteiger partial charge in [0, 0.05) is 37.7 Å². The molecular weight excluding hydrogens is 675 g/mol. The van der Waals surface area contributed by atoms with Gasteiger partial charge in [-0.2, -0.15) is 0 Å². The minimum absolute atomic E-state index is 0.730. The summed E-state index contributed by atoms with van der Waals surface area (Å²) in [6, 6.07) is 67.3. The first-order chi connectivity index (χ1) is 26.8. The topological polar surface area (TPSA) is 30.7 Å². The van der Waals surface area contributed by atoms with Crippen molar-refractivity contribution < 1.29 is 0 Å². The summed E-state index contributed by atoms with van der Waals surface area (Å²) in [5.74, 6) is 0.730. The maximum absolute atomic E-state index is 5.34. The molecule has 252 valence electrons. The van der Waals surface area contributed by atoms with Gasteiger partial charge in [0.2, 0.25) is 0 Å². The van der Waals surface area contributed by atoms with Crippen molar-refractivity contribution in [3.05, 3.63) is 188 Å². The monoisotopic (exact) mass is 705 g/mol. The van der Waals surface area contributed by atoms with Gasteiger partial charge in [-0.3, -0.25) is 0 Å². The highest BCUT2D eigenvalue weighted by molar-refractivity contribution is 7.26. The number of hydrogen-bond donors (Lipinski definition) is 0. The second kappa shape index (κ2) is 12.4. The Morgan fingerprint density at radius 2 is 1.02 bits per heavy atom. The predicted octanol–water partition coefficient (Wildman–Crippen LogP) is 13.8. The molecule has 0 radical (unpaired) electrons. The highest BCUT2D eigenvalue weighted by Gasteiger charge is 2.20. The molecule has 11 rings (SSSR count). The summed E-state index contributed by atoms with van der Waals surface area (Å²) < 4.78 is 4.66. The van der Waals surface area contributed by atoms with Gasteiger partial charge in [-0.05, 0) is 75.5 Å². The summed E-state index contributed by atoms with van der Waals surface area (Å²) in [7, 11) is 0. The Balaban J connectivity index is 1.08. The Morgan fingerprint density at radius 3 is 1.72 bits per heavy atom. The van der Waals surface area contributed by atoms with Gasteiger partial charge in [-0.1, -0.05) is 146 Å². The van der Waals surface area contributed by atoms with Gasteiger partial charge in [0.25, 0.3) is 0 Å². The highest BCUT2D eigenvalue weighted by atomic mass is 32.1. The fourth-order valence-corrected chi connectivity index (χ4v) is 9.21.